The van der Waals surface area contributed by atoms with Gasteiger partial charge in [0, 0.05) is 12.1 Å². The van der Waals surface area contributed by atoms with E-state index in [1.165, 1.54) is 23.1 Å². The largest absolute Gasteiger partial charge is 0.507 e. The smallest absolute Gasteiger partial charge is 0.295 e. The third-order valence-corrected chi connectivity index (χ3v) is 5.47. The molecule has 6 nitrogen and oxygen atoms in total. The Morgan fingerprint density at radius 2 is 1.90 bits per heavy atom. The van der Waals surface area contributed by atoms with Gasteiger partial charge in [-0.15, -0.1) is 0 Å². The summed E-state index contributed by atoms with van der Waals surface area (Å²) in [6.07, 6.45) is 0.636. The van der Waals surface area contributed by atoms with Crippen LogP contribution in [-0.4, -0.2) is 46.6 Å². The molecule has 2 aromatic carbocycles. The number of amides is 1. The number of nitrogens with zero attached hydrogens (tertiary/aromatic N) is 1. The van der Waals surface area contributed by atoms with Crippen LogP contribution in [-0.2, 0) is 9.59 Å². The van der Waals surface area contributed by atoms with Crippen LogP contribution in [0.3, 0.4) is 0 Å². The Morgan fingerprint density at radius 1 is 1.13 bits per heavy atom. The van der Waals surface area contributed by atoms with Crippen LogP contribution in [0.4, 0.5) is 0 Å². The van der Waals surface area contributed by atoms with E-state index in [4.69, 9.17) is 33.0 Å². The van der Waals surface area contributed by atoms with Gasteiger partial charge < -0.3 is 19.8 Å². The summed E-state index contributed by atoms with van der Waals surface area (Å²) in [6, 6.07) is 10.6. The zero-order chi connectivity index (χ0) is 21.8. The fourth-order valence-electron chi connectivity index (χ4n) is 3.43. The number of aliphatic hydroxyl groups is 2. The predicted octanol–water partition coefficient (Wildman–Crippen LogP) is 4.20. The lowest BCUT2D eigenvalue weighted by molar-refractivity contribution is -0.139. The third kappa shape index (κ3) is 4.31. The number of likely N-dealkylation sites (tertiary alicyclic amines) is 1. The minimum atomic E-state index is -0.780. The van der Waals surface area contributed by atoms with Crippen LogP contribution in [0, 0.1) is 0 Å². The average Bonchev–Trinajstić information content (AvgIpc) is 2.99. The minimum Gasteiger partial charge on any atom is -0.507 e. The number of carbonyl (C=O) groups is 2. The molecule has 30 heavy (non-hydrogen) atoms. The molecule has 3 rings (SSSR count). The highest BCUT2D eigenvalue weighted by molar-refractivity contribution is 6.46. The van der Waals surface area contributed by atoms with Gasteiger partial charge in [0.25, 0.3) is 11.7 Å². The lowest BCUT2D eigenvalue weighted by Gasteiger charge is -2.25. The van der Waals surface area contributed by atoms with E-state index >= 15 is 0 Å². The molecule has 1 fully saturated rings. The van der Waals surface area contributed by atoms with Crippen LogP contribution >= 0.6 is 23.2 Å². The Balaban J connectivity index is 2.15. The predicted molar refractivity (Wildman–Crippen MR) is 115 cm³/mol. The number of halogens is 2. The topological polar surface area (TPSA) is 87.1 Å². The van der Waals surface area contributed by atoms with Crippen molar-refractivity contribution in [2.24, 2.45) is 0 Å². The van der Waals surface area contributed by atoms with Gasteiger partial charge in [-0.25, -0.2) is 0 Å². The maximum Gasteiger partial charge on any atom is 0.295 e. The van der Waals surface area contributed by atoms with Crippen molar-refractivity contribution < 1.29 is 24.5 Å². The lowest BCUT2D eigenvalue weighted by atomic mass is 9.95. The molecule has 0 aromatic heterocycles. The molecule has 1 aliphatic heterocycles. The van der Waals surface area contributed by atoms with E-state index in [1.807, 2.05) is 6.92 Å². The average molecular weight is 450 g/mol. The van der Waals surface area contributed by atoms with Crippen LogP contribution < -0.4 is 4.74 Å². The first-order valence-corrected chi connectivity index (χ1v) is 10.2. The number of rotatable bonds is 7. The van der Waals surface area contributed by atoms with E-state index in [-0.39, 0.29) is 35.1 Å². The van der Waals surface area contributed by atoms with Gasteiger partial charge in [0.2, 0.25) is 0 Å². The van der Waals surface area contributed by atoms with Crippen molar-refractivity contribution in [2.75, 3.05) is 19.8 Å². The Morgan fingerprint density at radius 3 is 2.57 bits per heavy atom. The summed E-state index contributed by atoms with van der Waals surface area (Å²) >= 11 is 12.0. The van der Waals surface area contributed by atoms with Crippen LogP contribution in [0.5, 0.6) is 5.75 Å². The van der Waals surface area contributed by atoms with Gasteiger partial charge in [-0.3, -0.25) is 9.59 Å². The molecule has 2 aromatic rings. The maximum absolute atomic E-state index is 12.9. The molecular formula is C22H21Cl2NO5. The molecule has 0 radical (unpaired) electrons. The fraction of sp³-hybridized carbons (Fsp3) is 0.273. The second-order valence-corrected chi connectivity index (χ2v) is 7.58. The van der Waals surface area contributed by atoms with Gasteiger partial charge in [0.1, 0.15) is 18.1 Å². The van der Waals surface area contributed by atoms with Gasteiger partial charge in [-0.2, -0.15) is 0 Å². The van der Waals surface area contributed by atoms with Crippen molar-refractivity contribution in [1.82, 2.24) is 4.90 Å². The number of benzene rings is 2. The standard InChI is InChI=1S/C22H21Cl2NO5/c1-2-8-25-19(13-4-3-5-15(11-13)30-10-9-26)18(21(28)22(25)29)20(27)14-6-7-16(23)17(24)12-14/h3-7,11-12,19,26-27H,2,8-10H2,1H3/b20-18-. The van der Waals surface area contributed by atoms with Crippen molar-refractivity contribution in [3.8, 4) is 5.75 Å². The van der Waals surface area contributed by atoms with Crippen molar-refractivity contribution >= 4 is 40.7 Å². The molecule has 1 heterocycles. The molecule has 1 saturated heterocycles. The molecule has 1 unspecified atom stereocenters. The van der Waals surface area contributed by atoms with Crippen LogP contribution in [0.25, 0.3) is 5.76 Å². The first-order valence-electron chi connectivity index (χ1n) is 9.46. The molecule has 2 N–H and O–H groups in total. The highest BCUT2D eigenvalue weighted by atomic mass is 35.5. The second-order valence-electron chi connectivity index (χ2n) is 6.77. The molecule has 1 aliphatic rings. The van der Waals surface area contributed by atoms with Crippen molar-refractivity contribution in [3.05, 3.63) is 69.2 Å². The van der Waals surface area contributed by atoms with Gasteiger partial charge in [0.15, 0.2) is 0 Å². The zero-order valence-electron chi connectivity index (χ0n) is 16.3. The molecule has 0 saturated carbocycles. The minimum absolute atomic E-state index is 0.0221. The second kappa shape index (κ2) is 9.51. The van der Waals surface area contributed by atoms with E-state index in [0.29, 0.717) is 29.3 Å². The first kappa shape index (κ1) is 22.2. The Bertz CT molecular complexity index is 1000. The number of ketones is 1. The quantitative estimate of drug-likeness (QED) is 0.375. The SMILES string of the molecule is CCCN1C(=O)C(=O)/C(=C(\O)c2ccc(Cl)c(Cl)c2)C1c1cccc(OCCO)c1. The van der Waals surface area contributed by atoms with E-state index in [1.54, 1.807) is 24.3 Å². The van der Waals surface area contributed by atoms with Gasteiger partial charge >= 0.3 is 0 Å². The normalized spacial score (nSPS) is 18.1. The van der Waals surface area contributed by atoms with Gasteiger partial charge in [-0.05, 0) is 42.3 Å². The first-order chi connectivity index (χ1) is 14.4. The zero-order valence-corrected chi connectivity index (χ0v) is 17.8. The summed E-state index contributed by atoms with van der Waals surface area (Å²) in [5.41, 5.74) is 0.877. The molecule has 0 aliphatic carbocycles. The van der Waals surface area contributed by atoms with Crippen LogP contribution in [0.15, 0.2) is 48.0 Å². The van der Waals surface area contributed by atoms with E-state index in [2.05, 4.69) is 0 Å². The highest BCUT2D eigenvalue weighted by Crippen LogP contribution is 2.40. The molecule has 158 valence electrons. The Kier molecular flexibility index (Phi) is 7.02. The number of aliphatic hydroxyl groups excluding tert-OH is 2. The number of Topliss-reactive ketones (excluding diaryl/α,β-unsaturated/α-hetero) is 1. The molecule has 0 bridgehead atoms. The molecule has 0 spiro atoms. The van der Waals surface area contributed by atoms with Gasteiger partial charge in [0.05, 0.1) is 28.3 Å². The molecule has 8 heteroatoms. The summed E-state index contributed by atoms with van der Waals surface area (Å²) in [5, 5.41) is 20.5. The van der Waals surface area contributed by atoms with Crippen molar-refractivity contribution in [2.45, 2.75) is 19.4 Å². The Labute approximate surface area is 184 Å². The van der Waals surface area contributed by atoms with Gasteiger partial charge in [-0.1, -0.05) is 42.3 Å². The van der Waals surface area contributed by atoms with Crippen molar-refractivity contribution in [1.29, 1.82) is 0 Å². The summed E-state index contributed by atoms with van der Waals surface area (Å²) in [4.78, 5) is 27.0. The summed E-state index contributed by atoms with van der Waals surface area (Å²) < 4.78 is 5.46. The number of ether oxygens (including phenoxy) is 1. The molecule has 1 atom stereocenters. The highest BCUT2D eigenvalue weighted by Gasteiger charge is 2.45. The monoisotopic (exact) mass is 449 g/mol. The summed E-state index contributed by atoms with van der Waals surface area (Å²) in [7, 11) is 0. The van der Waals surface area contributed by atoms with E-state index < -0.39 is 17.7 Å². The number of carbonyl (C=O) groups excluding carboxylic acids is 2. The summed E-state index contributed by atoms with van der Waals surface area (Å²) in [6.45, 7) is 2.21. The van der Waals surface area contributed by atoms with Crippen molar-refractivity contribution in [3.63, 3.8) is 0 Å². The Hall–Kier alpha value is -2.54. The van der Waals surface area contributed by atoms with Crippen LogP contribution in [0.1, 0.15) is 30.5 Å². The number of hydrogen-bond acceptors (Lipinski definition) is 5. The molecule has 1 amide bonds. The molecular weight excluding hydrogens is 429 g/mol. The third-order valence-electron chi connectivity index (χ3n) is 4.73. The van der Waals surface area contributed by atoms with E-state index in [0.717, 1.165) is 0 Å². The number of hydrogen-bond donors (Lipinski definition) is 2. The lowest BCUT2D eigenvalue weighted by Crippen LogP contribution is -2.30. The van der Waals surface area contributed by atoms with E-state index in [9.17, 15) is 14.7 Å². The maximum atomic E-state index is 12.9. The summed E-state index contributed by atoms with van der Waals surface area (Å²) in [5.74, 6) is -1.28. The van der Waals surface area contributed by atoms with Crippen LogP contribution in [0.2, 0.25) is 10.0 Å². The fourth-order valence-corrected chi connectivity index (χ4v) is 3.73.